The number of aromatic nitrogens is 2. The van der Waals surface area contributed by atoms with Crippen LogP contribution in [0.3, 0.4) is 0 Å². The first-order valence-electron chi connectivity index (χ1n) is 9.22. The minimum absolute atomic E-state index is 0.0999. The number of anilines is 1. The maximum Gasteiger partial charge on any atom is 0.272 e. The van der Waals surface area contributed by atoms with Gasteiger partial charge in [0.25, 0.3) is 5.56 Å². The Morgan fingerprint density at radius 3 is 2.67 bits per heavy atom. The fourth-order valence-electron chi connectivity index (χ4n) is 3.50. The Kier molecular flexibility index (Phi) is 4.28. The van der Waals surface area contributed by atoms with Crippen molar-refractivity contribution in [2.75, 3.05) is 11.4 Å². The monoisotopic (exact) mass is 397 g/mol. The van der Waals surface area contributed by atoms with Gasteiger partial charge in [-0.15, -0.1) is 11.3 Å². The highest BCUT2D eigenvalue weighted by atomic mass is 32.2. The molecule has 0 N–H and O–H groups in total. The van der Waals surface area contributed by atoms with E-state index in [1.807, 2.05) is 33.0 Å². The summed E-state index contributed by atoms with van der Waals surface area (Å²) in [5.74, 6) is 0.960. The van der Waals surface area contributed by atoms with Crippen LogP contribution in [0.15, 0.2) is 45.7 Å². The van der Waals surface area contributed by atoms with Gasteiger partial charge < -0.3 is 4.90 Å². The number of hydrogen-bond acceptors (Lipinski definition) is 5. The molecule has 1 aromatic carbocycles. The molecule has 5 rings (SSSR count). The topological polar surface area (TPSA) is 55.2 Å². The van der Waals surface area contributed by atoms with Crippen molar-refractivity contribution < 1.29 is 4.79 Å². The summed E-state index contributed by atoms with van der Waals surface area (Å²) in [4.78, 5) is 31.3. The normalized spacial score (nSPS) is 17.2. The van der Waals surface area contributed by atoms with Crippen LogP contribution in [0.25, 0.3) is 10.2 Å². The second-order valence-corrected chi connectivity index (χ2v) is 8.90. The number of amides is 1. The summed E-state index contributed by atoms with van der Waals surface area (Å²) in [7, 11) is 0. The van der Waals surface area contributed by atoms with Gasteiger partial charge in [-0.2, -0.15) is 0 Å². The van der Waals surface area contributed by atoms with Gasteiger partial charge in [0.2, 0.25) is 5.91 Å². The number of fused-ring (bicyclic) bond motifs is 1. The molecular formula is C20H19N3O2S2. The lowest BCUT2D eigenvalue weighted by molar-refractivity contribution is -0.117. The van der Waals surface area contributed by atoms with Crippen LogP contribution in [0, 0.1) is 0 Å². The SMILES string of the molecule is O=C1CCCN1c1ccc(CSc2nc3ccsc3c(=O)n2C2CC2)cc1. The van der Waals surface area contributed by atoms with Gasteiger partial charge >= 0.3 is 0 Å². The van der Waals surface area contributed by atoms with E-state index >= 15 is 0 Å². The standard InChI is InChI=1S/C20H19N3O2S2/c24-17-2-1-10-22(17)14-5-3-13(4-6-14)12-27-20-21-16-9-11-26-18(16)19(25)23(20)15-7-8-15/h3-6,9,11,15H,1-2,7-8,10,12H2. The first-order valence-corrected chi connectivity index (χ1v) is 11.1. The number of thioether (sulfide) groups is 1. The van der Waals surface area contributed by atoms with Crippen LogP contribution in [0.4, 0.5) is 5.69 Å². The molecular weight excluding hydrogens is 378 g/mol. The Bertz CT molecular complexity index is 1070. The summed E-state index contributed by atoms with van der Waals surface area (Å²) < 4.78 is 2.65. The van der Waals surface area contributed by atoms with E-state index in [4.69, 9.17) is 4.98 Å². The molecule has 2 aliphatic rings. The Hall–Kier alpha value is -2.12. The van der Waals surface area contributed by atoms with Gasteiger partial charge in [-0.3, -0.25) is 14.2 Å². The molecule has 0 atom stereocenters. The minimum atomic E-state index is 0.0999. The third-order valence-electron chi connectivity index (χ3n) is 5.08. The number of hydrogen-bond donors (Lipinski definition) is 0. The quantitative estimate of drug-likeness (QED) is 0.478. The Balaban J connectivity index is 1.37. The molecule has 0 unspecified atom stereocenters. The smallest absolute Gasteiger partial charge is 0.272 e. The van der Waals surface area contributed by atoms with E-state index in [9.17, 15) is 9.59 Å². The average molecular weight is 398 g/mol. The minimum Gasteiger partial charge on any atom is -0.312 e. The molecule has 7 heteroatoms. The summed E-state index contributed by atoms with van der Waals surface area (Å²) in [6, 6.07) is 10.4. The van der Waals surface area contributed by atoms with Crippen molar-refractivity contribution in [3.8, 4) is 0 Å². The van der Waals surface area contributed by atoms with Crippen LogP contribution in [-0.2, 0) is 10.5 Å². The predicted molar refractivity (Wildman–Crippen MR) is 110 cm³/mol. The second kappa shape index (κ2) is 6.80. The Morgan fingerprint density at radius 2 is 1.96 bits per heavy atom. The zero-order valence-corrected chi connectivity index (χ0v) is 16.4. The lowest BCUT2D eigenvalue weighted by Crippen LogP contribution is -2.23. The maximum absolute atomic E-state index is 12.8. The number of nitrogens with zero attached hydrogens (tertiary/aromatic N) is 3. The average Bonchev–Trinajstić information content (AvgIpc) is 3.23. The Morgan fingerprint density at radius 1 is 1.15 bits per heavy atom. The highest BCUT2D eigenvalue weighted by Gasteiger charge is 2.29. The van der Waals surface area contributed by atoms with Crippen LogP contribution in [0.2, 0.25) is 0 Å². The molecule has 5 nitrogen and oxygen atoms in total. The van der Waals surface area contributed by atoms with Gasteiger partial charge in [0.05, 0.1) is 5.52 Å². The van der Waals surface area contributed by atoms with E-state index in [2.05, 4.69) is 12.1 Å². The van der Waals surface area contributed by atoms with Gasteiger partial charge in [-0.05, 0) is 48.4 Å². The molecule has 1 aliphatic heterocycles. The predicted octanol–water partition coefficient (Wildman–Crippen LogP) is 4.21. The van der Waals surface area contributed by atoms with E-state index in [-0.39, 0.29) is 11.5 Å². The summed E-state index contributed by atoms with van der Waals surface area (Å²) in [6.45, 7) is 0.811. The van der Waals surface area contributed by atoms with Crippen molar-refractivity contribution in [2.45, 2.75) is 42.6 Å². The fraction of sp³-hybridized carbons (Fsp3) is 0.350. The van der Waals surface area contributed by atoms with Crippen LogP contribution in [-0.4, -0.2) is 22.0 Å². The van der Waals surface area contributed by atoms with Crippen LogP contribution in [0.1, 0.15) is 37.3 Å². The number of rotatable bonds is 5. The molecule has 1 saturated heterocycles. The van der Waals surface area contributed by atoms with Gasteiger partial charge in [-0.1, -0.05) is 23.9 Å². The molecule has 1 aliphatic carbocycles. The summed E-state index contributed by atoms with van der Waals surface area (Å²) in [6.07, 6.45) is 3.70. The maximum atomic E-state index is 12.8. The highest BCUT2D eigenvalue weighted by molar-refractivity contribution is 7.98. The van der Waals surface area contributed by atoms with Crippen molar-refractivity contribution in [3.63, 3.8) is 0 Å². The van der Waals surface area contributed by atoms with Crippen LogP contribution < -0.4 is 10.5 Å². The van der Waals surface area contributed by atoms with E-state index in [0.717, 1.165) is 58.2 Å². The first kappa shape index (κ1) is 17.0. The third kappa shape index (κ3) is 3.19. The molecule has 2 fully saturated rings. The fourth-order valence-corrected chi connectivity index (χ4v) is 5.29. The summed E-state index contributed by atoms with van der Waals surface area (Å²) in [5, 5.41) is 2.75. The van der Waals surface area contributed by atoms with E-state index in [1.54, 1.807) is 11.8 Å². The molecule has 0 spiro atoms. The van der Waals surface area contributed by atoms with Crippen molar-refractivity contribution in [2.24, 2.45) is 0 Å². The van der Waals surface area contributed by atoms with Crippen LogP contribution >= 0.6 is 23.1 Å². The summed E-state index contributed by atoms with van der Waals surface area (Å²) in [5.41, 5.74) is 3.03. The van der Waals surface area contributed by atoms with Gasteiger partial charge in [-0.25, -0.2) is 4.98 Å². The first-order chi connectivity index (χ1) is 13.2. The zero-order chi connectivity index (χ0) is 18.4. The molecule has 27 heavy (non-hydrogen) atoms. The third-order valence-corrected chi connectivity index (χ3v) is 7.00. The molecule has 1 saturated carbocycles. The molecule has 138 valence electrons. The van der Waals surface area contributed by atoms with Crippen molar-refractivity contribution in [1.82, 2.24) is 9.55 Å². The van der Waals surface area contributed by atoms with E-state index in [1.165, 1.54) is 11.3 Å². The molecule has 0 radical (unpaired) electrons. The number of carbonyl (C=O) groups is 1. The van der Waals surface area contributed by atoms with E-state index < -0.39 is 0 Å². The van der Waals surface area contributed by atoms with Crippen LogP contribution in [0.5, 0.6) is 0 Å². The van der Waals surface area contributed by atoms with Crippen molar-refractivity contribution >= 4 is 44.9 Å². The highest BCUT2D eigenvalue weighted by Crippen LogP contribution is 2.38. The zero-order valence-electron chi connectivity index (χ0n) is 14.8. The number of benzene rings is 1. The molecule has 1 amide bonds. The summed E-state index contributed by atoms with van der Waals surface area (Å²) >= 11 is 3.09. The Labute approximate surface area is 165 Å². The van der Waals surface area contributed by atoms with Gasteiger partial charge in [0.1, 0.15) is 4.70 Å². The largest absolute Gasteiger partial charge is 0.312 e. The lowest BCUT2D eigenvalue weighted by atomic mass is 10.2. The molecule has 3 aromatic rings. The molecule has 2 aromatic heterocycles. The lowest BCUT2D eigenvalue weighted by Gasteiger charge is -2.16. The number of carbonyl (C=O) groups excluding carboxylic acids is 1. The van der Waals surface area contributed by atoms with E-state index in [0.29, 0.717) is 12.5 Å². The van der Waals surface area contributed by atoms with Gasteiger partial charge in [0, 0.05) is 30.4 Å². The van der Waals surface area contributed by atoms with Crippen molar-refractivity contribution in [3.05, 3.63) is 51.6 Å². The second-order valence-electron chi connectivity index (χ2n) is 7.04. The van der Waals surface area contributed by atoms with Gasteiger partial charge in [0.15, 0.2) is 5.16 Å². The van der Waals surface area contributed by atoms with Crippen molar-refractivity contribution in [1.29, 1.82) is 0 Å². The molecule has 0 bridgehead atoms. The number of thiophene rings is 1. The molecule has 3 heterocycles.